The molecule has 0 fully saturated rings. The van der Waals surface area contributed by atoms with Crippen molar-refractivity contribution in [3.63, 3.8) is 0 Å². The van der Waals surface area contributed by atoms with Gasteiger partial charge in [-0.05, 0) is 24.7 Å². The highest BCUT2D eigenvalue weighted by Crippen LogP contribution is 2.19. The van der Waals surface area contributed by atoms with Gasteiger partial charge in [-0.15, -0.1) is 0 Å². The highest BCUT2D eigenvalue weighted by atomic mass is 17.0. The smallest absolute Gasteiger partial charge is 0.226 e. The molecule has 11 heavy (non-hydrogen) atoms. The minimum absolute atomic E-state index is 0. The lowest BCUT2D eigenvalue weighted by molar-refractivity contribution is 0.0588. The Morgan fingerprint density at radius 2 is 2.18 bits per heavy atom. The molecule has 1 heterocycles. The van der Waals surface area contributed by atoms with Crippen LogP contribution < -0.4 is 5.32 Å². The molecule has 0 aliphatic carbocycles. The second-order valence-electron chi connectivity index (χ2n) is 2.48. The van der Waals surface area contributed by atoms with Gasteiger partial charge in [-0.3, -0.25) is 9.15 Å². The molecule has 0 bridgehead atoms. The molecule has 0 radical (unpaired) electrons. The fourth-order valence-corrected chi connectivity index (χ4v) is 1.06. The fraction of sp³-hybridized carbons (Fsp3) is 0.250. The average Bonchev–Trinajstić information content (AvgIpc) is 1.96. The number of rotatable bonds is 2. The number of nitrogens with one attached hydrogen (secondary N) is 1. The van der Waals surface area contributed by atoms with Gasteiger partial charge in [-0.25, -0.2) is 0 Å². The van der Waals surface area contributed by atoms with Gasteiger partial charge in [0, 0.05) is 7.97 Å². The van der Waals surface area contributed by atoms with Crippen LogP contribution in [-0.2, 0) is 6.54 Å². The highest BCUT2D eigenvalue weighted by molar-refractivity contribution is 5.71. The van der Waals surface area contributed by atoms with E-state index in [-0.39, 0.29) is 1.43 Å². The van der Waals surface area contributed by atoms with E-state index in [1.165, 1.54) is 5.56 Å². The van der Waals surface area contributed by atoms with Crippen molar-refractivity contribution in [2.75, 3.05) is 7.05 Å². The Bertz CT molecular complexity index is 352. The summed E-state index contributed by atoms with van der Waals surface area (Å²) in [6.45, 7) is 0.858. The summed E-state index contributed by atoms with van der Waals surface area (Å²) >= 11 is 0. The Balaban J connectivity index is 0.000000720. The number of benzene rings is 1. The molecule has 0 spiro atoms. The topological polar surface area (TPSA) is 38.3 Å². The summed E-state index contributed by atoms with van der Waals surface area (Å²) in [7, 11) is 1.91. The maximum atomic E-state index is 4.74. The monoisotopic (exact) mass is 153 g/mol. The van der Waals surface area contributed by atoms with E-state index in [1.807, 2.05) is 25.2 Å². The van der Waals surface area contributed by atoms with Gasteiger partial charge in [0.25, 0.3) is 0 Å². The molecule has 1 aromatic carbocycles. The van der Waals surface area contributed by atoms with Crippen molar-refractivity contribution < 1.29 is 10.6 Å². The van der Waals surface area contributed by atoms with E-state index < -0.39 is 0 Å². The van der Waals surface area contributed by atoms with Crippen molar-refractivity contribution in [2.24, 2.45) is 0 Å². The van der Waals surface area contributed by atoms with Crippen LogP contribution in [0.5, 0.6) is 0 Å². The Kier molecular flexibility index (Phi) is 1.43. The van der Waals surface area contributed by atoms with E-state index in [2.05, 4.69) is 9.89 Å². The third-order valence-corrected chi connectivity index (χ3v) is 1.61. The number of fused-ring (bicyclic) bond motifs is 1. The first kappa shape index (κ1) is 6.49. The summed E-state index contributed by atoms with van der Waals surface area (Å²) in [6.07, 6.45) is 0. The van der Waals surface area contributed by atoms with E-state index in [1.54, 1.807) is 0 Å². The summed E-state index contributed by atoms with van der Waals surface area (Å²) in [6, 6.07) is 5.89. The molecule has 0 saturated heterocycles. The van der Waals surface area contributed by atoms with Crippen molar-refractivity contribution in [3.05, 3.63) is 23.8 Å². The highest BCUT2D eigenvalue weighted by Gasteiger charge is 2.03. The first-order chi connectivity index (χ1) is 5.40. The Morgan fingerprint density at radius 1 is 1.36 bits per heavy atom. The van der Waals surface area contributed by atoms with E-state index >= 15 is 0 Å². The van der Waals surface area contributed by atoms with Crippen LogP contribution in [0.25, 0.3) is 11.2 Å². The predicted molar refractivity (Wildman–Crippen MR) is 43.4 cm³/mol. The number of hydrogen-bond acceptors (Lipinski definition) is 3. The lowest BCUT2D eigenvalue weighted by Gasteiger charge is -2.01. The van der Waals surface area contributed by atoms with Gasteiger partial charge in [0.2, 0.25) is 11.2 Å². The minimum atomic E-state index is 0. The first-order valence-corrected chi connectivity index (χ1v) is 3.52. The van der Waals surface area contributed by atoms with Crippen LogP contribution >= 0.6 is 0 Å². The van der Waals surface area contributed by atoms with E-state index in [0.29, 0.717) is 0 Å². The molecule has 1 N–H and O–H groups in total. The largest absolute Gasteiger partial charge is 0.316 e. The molecule has 0 aliphatic heterocycles. The predicted octanol–water partition coefficient (Wildman–Crippen LogP) is 1.99. The molecule has 0 aliphatic rings. The van der Waals surface area contributed by atoms with Gasteiger partial charge in [-0.2, -0.15) is 0 Å². The summed E-state index contributed by atoms with van der Waals surface area (Å²) in [4.78, 5) is 0. The summed E-state index contributed by atoms with van der Waals surface area (Å²) in [5.41, 5.74) is 2.86. The lowest BCUT2D eigenvalue weighted by Crippen LogP contribution is -2.04. The SMILES string of the molecule is CNCc1ccc2ooc2c1.[HH]. The molecule has 2 rings (SSSR count). The van der Waals surface area contributed by atoms with Crippen molar-refractivity contribution in [1.29, 1.82) is 0 Å². The third-order valence-electron chi connectivity index (χ3n) is 1.61. The van der Waals surface area contributed by atoms with Crippen LogP contribution in [0.1, 0.15) is 6.99 Å². The molecule has 0 unspecified atom stereocenters. The fourth-order valence-electron chi connectivity index (χ4n) is 1.06. The molecule has 1 aromatic heterocycles. The Morgan fingerprint density at radius 3 is 2.73 bits per heavy atom. The maximum Gasteiger partial charge on any atom is 0.226 e. The molecule has 3 heteroatoms. The minimum Gasteiger partial charge on any atom is -0.316 e. The normalized spacial score (nSPS) is 11.0. The molecular weight excluding hydrogens is 142 g/mol. The molecule has 0 saturated carbocycles. The summed E-state index contributed by atoms with van der Waals surface area (Å²) < 4.78 is 9.42. The standard InChI is InChI=1S/C8H9NO2.H2/c1-9-5-6-2-3-7-8(4-6)11-10-7;/h2-4,9H,5H2,1H3;1H. The molecule has 2 aromatic rings. The molecule has 0 atom stereocenters. The zero-order chi connectivity index (χ0) is 7.68. The van der Waals surface area contributed by atoms with Crippen LogP contribution in [0.15, 0.2) is 27.4 Å². The van der Waals surface area contributed by atoms with Gasteiger partial charge in [0.15, 0.2) is 0 Å². The lowest BCUT2D eigenvalue weighted by atomic mass is 10.2. The van der Waals surface area contributed by atoms with Gasteiger partial charge in [0.05, 0.1) is 0 Å². The van der Waals surface area contributed by atoms with Crippen LogP contribution in [0.3, 0.4) is 0 Å². The summed E-state index contributed by atoms with van der Waals surface area (Å²) in [5.74, 6) is 0. The second-order valence-corrected chi connectivity index (χ2v) is 2.48. The van der Waals surface area contributed by atoms with Crippen LogP contribution in [0.2, 0.25) is 0 Å². The maximum absolute atomic E-state index is 4.74. The Hall–Kier alpha value is -1.22. The van der Waals surface area contributed by atoms with Gasteiger partial charge >= 0.3 is 0 Å². The molecular formula is C8H11NO2. The van der Waals surface area contributed by atoms with Gasteiger partial charge in [-0.1, -0.05) is 6.07 Å². The third kappa shape index (κ3) is 1.03. The van der Waals surface area contributed by atoms with Crippen molar-refractivity contribution in [1.82, 2.24) is 5.32 Å². The van der Waals surface area contributed by atoms with Crippen LogP contribution in [-0.4, -0.2) is 7.05 Å². The summed E-state index contributed by atoms with van der Waals surface area (Å²) in [5, 5.41) is 3.06. The first-order valence-electron chi connectivity index (χ1n) is 3.52. The molecule has 0 amide bonds. The van der Waals surface area contributed by atoms with Crippen molar-refractivity contribution >= 4 is 11.2 Å². The van der Waals surface area contributed by atoms with E-state index in [4.69, 9.17) is 4.58 Å². The van der Waals surface area contributed by atoms with Crippen LogP contribution in [0.4, 0.5) is 0 Å². The second kappa shape index (κ2) is 2.43. The average molecular weight is 153 g/mol. The van der Waals surface area contributed by atoms with Gasteiger partial charge < -0.3 is 5.32 Å². The zero-order valence-corrected chi connectivity index (χ0v) is 6.26. The molecule has 3 nitrogen and oxygen atoms in total. The molecule has 60 valence electrons. The van der Waals surface area contributed by atoms with Crippen molar-refractivity contribution in [3.8, 4) is 0 Å². The Labute approximate surface area is 65.4 Å². The van der Waals surface area contributed by atoms with Gasteiger partial charge in [0.1, 0.15) is 0 Å². The quantitative estimate of drug-likeness (QED) is 0.670. The van der Waals surface area contributed by atoms with Crippen LogP contribution in [0, 0.1) is 0 Å². The van der Waals surface area contributed by atoms with E-state index in [9.17, 15) is 0 Å². The van der Waals surface area contributed by atoms with E-state index in [0.717, 1.165) is 17.7 Å². The number of hydrogen-bond donors (Lipinski definition) is 1. The van der Waals surface area contributed by atoms with Crippen molar-refractivity contribution in [2.45, 2.75) is 6.54 Å². The zero-order valence-electron chi connectivity index (χ0n) is 6.26.